The lowest BCUT2D eigenvalue weighted by atomic mass is 9.97. The highest BCUT2D eigenvalue weighted by atomic mass is 14.5. The molecule has 0 aromatic heterocycles. The molecule has 0 radical (unpaired) electrons. The predicted molar refractivity (Wildman–Crippen MR) is 51.5 cm³/mol. The Morgan fingerprint density at radius 2 is 1.64 bits per heavy atom. The molecule has 0 heterocycles. The first-order valence-electron chi connectivity index (χ1n) is 4.87. The van der Waals surface area contributed by atoms with Crippen molar-refractivity contribution in [2.45, 2.75) is 46.5 Å². The van der Waals surface area contributed by atoms with E-state index in [2.05, 4.69) is 20.8 Å². The smallest absolute Gasteiger partial charge is 0.00747 e. The normalized spacial score (nSPS) is 13.9. The van der Waals surface area contributed by atoms with E-state index in [1.807, 2.05) is 0 Å². The van der Waals surface area contributed by atoms with Crippen molar-refractivity contribution in [1.29, 1.82) is 0 Å². The van der Waals surface area contributed by atoms with E-state index >= 15 is 0 Å². The lowest BCUT2D eigenvalue weighted by Crippen LogP contribution is -2.05. The van der Waals surface area contributed by atoms with Crippen molar-refractivity contribution in [3.8, 4) is 0 Å². The molecule has 0 aliphatic carbocycles. The van der Waals surface area contributed by atoms with Gasteiger partial charge in [0.25, 0.3) is 0 Å². The van der Waals surface area contributed by atoms with Crippen molar-refractivity contribution in [3.05, 3.63) is 0 Å². The molecule has 0 aromatic carbocycles. The van der Waals surface area contributed by atoms with Gasteiger partial charge in [0.1, 0.15) is 0 Å². The minimum atomic E-state index is 0.832. The zero-order valence-electron chi connectivity index (χ0n) is 8.27. The maximum Gasteiger partial charge on any atom is -0.00747 e. The number of rotatable bonds is 6. The number of hydrogen-bond donors (Lipinski definition) is 1. The largest absolute Gasteiger partial charge is 0.330 e. The van der Waals surface area contributed by atoms with Crippen LogP contribution in [0.5, 0.6) is 0 Å². The molecule has 0 aromatic rings. The maximum atomic E-state index is 5.46. The van der Waals surface area contributed by atoms with Gasteiger partial charge < -0.3 is 5.73 Å². The molecule has 0 fully saturated rings. The number of nitrogens with two attached hydrogens (primary N) is 1. The minimum absolute atomic E-state index is 0.832. The van der Waals surface area contributed by atoms with Crippen LogP contribution in [0.15, 0.2) is 0 Å². The molecule has 0 aliphatic rings. The fraction of sp³-hybridized carbons (Fsp3) is 1.00. The van der Waals surface area contributed by atoms with Gasteiger partial charge in [-0.2, -0.15) is 0 Å². The van der Waals surface area contributed by atoms with E-state index in [-0.39, 0.29) is 0 Å². The Morgan fingerprint density at radius 1 is 1.00 bits per heavy atom. The average molecular weight is 157 g/mol. The Hall–Kier alpha value is -0.0400. The monoisotopic (exact) mass is 157 g/mol. The Morgan fingerprint density at radius 3 is 2.09 bits per heavy atom. The van der Waals surface area contributed by atoms with Crippen molar-refractivity contribution >= 4 is 0 Å². The van der Waals surface area contributed by atoms with Crippen LogP contribution in [0.25, 0.3) is 0 Å². The first-order valence-corrected chi connectivity index (χ1v) is 4.87. The fourth-order valence-electron chi connectivity index (χ4n) is 1.30. The second kappa shape index (κ2) is 6.66. The van der Waals surface area contributed by atoms with E-state index in [9.17, 15) is 0 Å². The van der Waals surface area contributed by atoms with Crippen LogP contribution in [0.2, 0.25) is 0 Å². The van der Waals surface area contributed by atoms with Crippen molar-refractivity contribution in [3.63, 3.8) is 0 Å². The molecule has 11 heavy (non-hydrogen) atoms. The Bertz CT molecular complexity index is 78.9. The summed E-state index contributed by atoms with van der Waals surface area (Å²) in [4.78, 5) is 0. The molecule has 0 rings (SSSR count). The van der Waals surface area contributed by atoms with Gasteiger partial charge in [0, 0.05) is 0 Å². The lowest BCUT2D eigenvalue weighted by Gasteiger charge is -2.10. The lowest BCUT2D eigenvalue weighted by molar-refractivity contribution is 0.441. The van der Waals surface area contributed by atoms with Gasteiger partial charge >= 0.3 is 0 Å². The van der Waals surface area contributed by atoms with Gasteiger partial charge in [-0.1, -0.05) is 40.0 Å². The first kappa shape index (κ1) is 11.0. The van der Waals surface area contributed by atoms with E-state index in [1.54, 1.807) is 0 Å². The molecular weight excluding hydrogens is 134 g/mol. The SMILES string of the molecule is CC(C)CCCC(C)CCN. The molecular formula is C10H23N. The Balaban J connectivity index is 3.10. The molecule has 68 valence electrons. The zero-order chi connectivity index (χ0) is 8.69. The third-order valence-corrected chi connectivity index (χ3v) is 2.14. The van der Waals surface area contributed by atoms with Crippen molar-refractivity contribution in [1.82, 2.24) is 0 Å². The van der Waals surface area contributed by atoms with Crippen LogP contribution >= 0.6 is 0 Å². The summed E-state index contributed by atoms with van der Waals surface area (Å²) in [6, 6.07) is 0. The molecule has 0 spiro atoms. The fourth-order valence-corrected chi connectivity index (χ4v) is 1.30. The van der Waals surface area contributed by atoms with Crippen LogP contribution in [0.3, 0.4) is 0 Å². The standard InChI is InChI=1S/C10H23N/c1-9(2)5-4-6-10(3)7-8-11/h9-10H,4-8,11H2,1-3H3. The quantitative estimate of drug-likeness (QED) is 0.630. The van der Waals surface area contributed by atoms with Crippen molar-refractivity contribution < 1.29 is 0 Å². The van der Waals surface area contributed by atoms with Crippen LogP contribution in [0.1, 0.15) is 46.5 Å². The summed E-state index contributed by atoms with van der Waals surface area (Å²) < 4.78 is 0. The summed E-state index contributed by atoms with van der Waals surface area (Å²) in [6.07, 6.45) is 5.29. The van der Waals surface area contributed by atoms with Crippen LogP contribution in [0, 0.1) is 11.8 Å². The third-order valence-electron chi connectivity index (χ3n) is 2.14. The van der Waals surface area contributed by atoms with Crippen molar-refractivity contribution in [2.75, 3.05) is 6.54 Å². The van der Waals surface area contributed by atoms with E-state index in [1.165, 1.54) is 25.7 Å². The predicted octanol–water partition coefficient (Wildman–Crippen LogP) is 2.80. The maximum absolute atomic E-state index is 5.46. The van der Waals surface area contributed by atoms with Gasteiger partial charge in [-0.05, 0) is 24.8 Å². The van der Waals surface area contributed by atoms with Gasteiger partial charge in [-0.15, -0.1) is 0 Å². The van der Waals surface area contributed by atoms with Crippen LogP contribution in [0.4, 0.5) is 0 Å². The molecule has 0 saturated carbocycles. The summed E-state index contributed by atoms with van der Waals surface area (Å²) in [7, 11) is 0. The summed E-state index contributed by atoms with van der Waals surface area (Å²) in [6.45, 7) is 7.72. The highest BCUT2D eigenvalue weighted by Gasteiger charge is 2.00. The van der Waals surface area contributed by atoms with E-state index in [0.717, 1.165) is 18.4 Å². The van der Waals surface area contributed by atoms with E-state index < -0.39 is 0 Å². The molecule has 0 amide bonds. The number of hydrogen-bond acceptors (Lipinski definition) is 1. The van der Waals surface area contributed by atoms with Crippen LogP contribution < -0.4 is 5.73 Å². The van der Waals surface area contributed by atoms with Gasteiger partial charge in [-0.3, -0.25) is 0 Å². The molecule has 2 N–H and O–H groups in total. The summed E-state index contributed by atoms with van der Waals surface area (Å²) >= 11 is 0. The Labute approximate surface area is 71.4 Å². The van der Waals surface area contributed by atoms with Gasteiger partial charge in [0.2, 0.25) is 0 Å². The van der Waals surface area contributed by atoms with E-state index in [4.69, 9.17) is 5.73 Å². The highest BCUT2D eigenvalue weighted by molar-refractivity contribution is 4.55. The van der Waals surface area contributed by atoms with Gasteiger partial charge in [-0.25, -0.2) is 0 Å². The topological polar surface area (TPSA) is 26.0 Å². The summed E-state index contributed by atoms with van der Waals surface area (Å²) in [5.41, 5.74) is 5.46. The third kappa shape index (κ3) is 7.86. The zero-order valence-corrected chi connectivity index (χ0v) is 8.27. The molecule has 1 unspecified atom stereocenters. The molecule has 0 aliphatic heterocycles. The second-order valence-electron chi connectivity index (χ2n) is 4.01. The summed E-state index contributed by atoms with van der Waals surface area (Å²) in [5.74, 6) is 1.69. The van der Waals surface area contributed by atoms with E-state index in [0.29, 0.717) is 0 Å². The van der Waals surface area contributed by atoms with Crippen LogP contribution in [-0.2, 0) is 0 Å². The first-order chi connectivity index (χ1) is 5.16. The molecule has 1 nitrogen and oxygen atoms in total. The minimum Gasteiger partial charge on any atom is -0.330 e. The summed E-state index contributed by atoms with van der Waals surface area (Å²) in [5, 5.41) is 0. The molecule has 0 bridgehead atoms. The van der Waals surface area contributed by atoms with Crippen LogP contribution in [-0.4, -0.2) is 6.54 Å². The second-order valence-corrected chi connectivity index (χ2v) is 4.01. The average Bonchev–Trinajstić information content (AvgIpc) is 1.87. The van der Waals surface area contributed by atoms with Gasteiger partial charge in [0.05, 0.1) is 0 Å². The molecule has 1 heteroatoms. The Kier molecular flexibility index (Phi) is 6.63. The van der Waals surface area contributed by atoms with Crippen molar-refractivity contribution in [2.24, 2.45) is 17.6 Å². The highest BCUT2D eigenvalue weighted by Crippen LogP contribution is 2.13. The molecule has 1 atom stereocenters. The molecule has 0 saturated heterocycles. The van der Waals surface area contributed by atoms with Gasteiger partial charge in [0.15, 0.2) is 0 Å².